The Bertz CT molecular complexity index is 1670. The molecule has 1 aliphatic rings. The molecule has 1 amide bonds. The second-order valence-corrected chi connectivity index (χ2v) is 10.2. The van der Waals surface area contributed by atoms with E-state index >= 15 is 0 Å². The summed E-state index contributed by atoms with van der Waals surface area (Å²) in [5.41, 5.74) is 1.23. The molecule has 1 atom stereocenters. The van der Waals surface area contributed by atoms with Gasteiger partial charge < -0.3 is 4.42 Å². The Morgan fingerprint density at radius 1 is 0.944 bits per heavy atom. The van der Waals surface area contributed by atoms with Gasteiger partial charge in [0.1, 0.15) is 17.2 Å². The average molecular weight is 520 g/mol. The number of benzene rings is 3. The molecule has 0 N–H and O–H groups in total. The van der Waals surface area contributed by atoms with Crippen LogP contribution in [0.4, 0.5) is 13.9 Å². The molecule has 6 nitrogen and oxygen atoms in total. The van der Waals surface area contributed by atoms with Crippen LogP contribution in [0.5, 0.6) is 0 Å². The third-order valence-electron chi connectivity index (χ3n) is 5.82. The van der Waals surface area contributed by atoms with Gasteiger partial charge in [0.25, 0.3) is 5.91 Å². The molecule has 0 spiro atoms. The zero-order valence-corrected chi connectivity index (χ0v) is 20.0. The molecule has 3 heterocycles. The smallest absolute Gasteiger partial charge is 0.297 e. The van der Waals surface area contributed by atoms with Crippen LogP contribution in [0, 0.1) is 11.6 Å². The van der Waals surface area contributed by atoms with E-state index in [1.165, 1.54) is 58.3 Å². The van der Waals surface area contributed by atoms with Crippen LogP contribution >= 0.6 is 23.1 Å². The zero-order chi connectivity index (χ0) is 24.8. The van der Waals surface area contributed by atoms with Crippen LogP contribution in [0.1, 0.15) is 33.3 Å². The van der Waals surface area contributed by atoms with Crippen molar-refractivity contribution < 1.29 is 18.0 Å². The Balaban J connectivity index is 1.45. The highest BCUT2D eigenvalue weighted by Crippen LogP contribution is 2.43. The zero-order valence-electron chi connectivity index (χ0n) is 18.4. The highest BCUT2D eigenvalue weighted by molar-refractivity contribution is 8.00. The van der Waals surface area contributed by atoms with Crippen LogP contribution in [0.25, 0.3) is 11.0 Å². The summed E-state index contributed by atoms with van der Waals surface area (Å²) in [7, 11) is 0. The Kier molecular flexibility index (Phi) is 5.62. The summed E-state index contributed by atoms with van der Waals surface area (Å²) in [6.45, 7) is 0. The minimum absolute atomic E-state index is 0.0203. The van der Waals surface area contributed by atoms with E-state index in [0.717, 1.165) is 17.7 Å². The van der Waals surface area contributed by atoms with Gasteiger partial charge in [-0.05, 0) is 41.5 Å². The summed E-state index contributed by atoms with van der Waals surface area (Å²) >= 11 is 2.68. The SMILES string of the molecule is O=C1c2oc3ccc(F)cc3c(=O)c2C(c2ccc(F)cc2)N1c1nnc(SCc2ccccc2)s1. The van der Waals surface area contributed by atoms with E-state index in [4.69, 9.17) is 4.42 Å². The maximum atomic E-state index is 13.9. The predicted octanol–water partition coefficient (Wildman–Crippen LogP) is 5.96. The monoisotopic (exact) mass is 519 g/mol. The highest BCUT2D eigenvalue weighted by atomic mass is 32.2. The first-order chi connectivity index (χ1) is 17.5. The van der Waals surface area contributed by atoms with Gasteiger partial charge in [-0.1, -0.05) is 65.6 Å². The summed E-state index contributed by atoms with van der Waals surface area (Å²) in [4.78, 5) is 28.4. The third-order valence-corrected chi connectivity index (χ3v) is 7.95. The first-order valence-corrected chi connectivity index (χ1v) is 12.7. The minimum Gasteiger partial charge on any atom is -0.450 e. The number of carbonyl (C=O) groups excluding carboxylic acids is 1. The number of carbonyl (C=O) groups is 1. The van der Waals surface area contributed by atoms with Crippen molar-refractivity contribution in [3.63, 3.8) is 0 Å². The van der Waals surface area contributed by atoms with Crippen LogP contribution in [0.15, 0.2) is 86.3 Å². The van der Waals surface area contributed by atoms with Crippen LogP contribution in [-0.2, 0) is 5.75 Å². The largest absolute Gasteiger partial charge is 0.450 e. The maximum Gasteiger partial charge on any atom is 0.297 e. The summed E-state index contributed by atoms with van der Waals surface area (Å²) in [5, 5.41) is 8.74. The van der Waals surface area contributed by atoms with E-state index in [0.29, 0.717) is 15.7 Å². The van der Waals surface area contributed by atoms with Crippen molar-refractivity contribution >= 4 is 45.1 Å². The molecule has 1 unspecified atom stereocenters. The van der Waals surface area contributed by atoms with E-state index in [9.17, 15) is 18.4 Å². The van der Waals surface area contributed by atoms with E-state index in [1.807, 2.05) is 30.3 Å². The third kappa shape index (κ3) is 3.88. The van der Waals surface area contributed by atoms with E-state index in [2.05, 4.69) is 10.2 Å². The van der Waals surface area contributed by atoms with Crippen LogP contribution in [0.3, 0.4) is 0 Å². The van der Waals surface area contributed by atoms with Gasteiger partial charge in [-0.3, -0.25) is 14.5 Å². The van der Waals surface area contributed by atoms with Crippen LogP contribution < -0.4 is 10.3 Å². The number of fused-ring (bicyclic) bond motifs is 2. The van der Waals surface area contributed by atoms with Crippen molar-refractivity contribution in [2.24, 2.45) is 0 Å². The first-order valence-electron chi connectivity index (χ1n) is 10.8. The Hall–Kier alpha value is -3.89. The van der Waals surface area contributed by atoms with Gasteiger partial charge in [0.15, 0.2) is 9.77 Å². The second-order valence-electron chi connectivity index (χ2n) is 8.07. The van der Waals surface area contributed by atoms with Crippen LogP contribution in [0.2, 0.25) is 0 Å². The molecule has 1 aliphatic heterocycles. The van der Waals surface area contributed by atoms with Crippen molar-refractivity contribution in [3.8, 4) is 0 Å². The number of hydrogen-bond acceptors (Lipinski definition) is 7. The lowest BCUT2D eigenvalue weighted by molar-refractivity contribution is 0.0970. The van der Waals surface area contributed by atoms with E-state index < -0.39 is 29.0 Å². The van der Waals surface area contributed by atoms with Crippen molar-refractivity contribution in [2.75, 3.05) is 4.90 Å². The Labute approximate surface area is 211 Å². The molecule has 5 aromatic rings. The molecule has 0 saturated heterocycles. The van der Waals surface area contributed by atoms with E-state index in [-0.39, 0.29) is 27.4 Å². The van der Waals surface area contributed by atoms with Gasteiger partial charge in [0, 0.05) is 5.75 Å². The van der Waals surface area contributed by atoms with Crippen LogP contribution in [-0.4, -0.2) is 16.1 Å². The molecule has 0 bridgehead atoms. The van der Waals surface area contributed by atoms with E-state index in [1.54, 1.807) is 0 Å². The maximum absolute atomic E-state index is 13.9. The average Bonchev–Trinajstić information content (AvgIpc) is 3.47. The fourth-order valence-corrected chi connectivity index (χ4v) is 6.00. The molecule has 0 radical (unpaired) electrons. The number of thioether (sulfide) groups is 1. The molecule has 0 aliphatic carbocycles. The highest BCUT2D eigenvalue weighted by Gasteiger charge is 2.45. The second kappa shape index (κ2) is 8.96. The summed E-state index contributed by atoms with van der Waals surface area (Å²) < 4.78 is 34.1. The Morgan fingerprint density at radius 2 is 1.69 bits per heavy atom. The van der Waals surface area contributed by atoms with Gasteiger partial charge in [0.05, 0.1) is 17.0 Å². The lowest BCUT2D eigenvalue weighted by Gasteiger charge is -2.22. The van der Waals surface area contributed by atoms with Gasteiger partial charge >= 0.3 is 0 Å². The number of hydrogen-bond donors (Lipinski definition) is 0. The quantitative estimate of drug-likeness (QED) is 0.211. The summed E-state index contributed by atoms with van der Waals surface area (Å²) in [6.07, 6.45) is 0. The topological polar surface area (TPSA) is 76.3 Å². The molecule has 178 valence electrons. The molecule has 36 heavy (non-hydrogen) atoms. The summed E-state index contributed by atoms with van der Waals surface area (Å²) in [6, 6.07) is 18.0. The van der Waals surface area contributed by atoms with Gasteiger partial charge in [-0.15, -0.1) is 10.2 Å². The lowest BCUT2D eigenvalue weighted by atomic mass is 9.98. The van der Waals surface area contributed by atoms with Gasteiger partial charge in [-0.25, -0.2) is 8.78 Å². The normalized spacial score (nSPS) is 15.0. The molecule has 10 heteroatoms. The van der Waals surface area contributed by atoms with Crippen molar-refractivity contribution in [1.29, 1.82) is 0 Å². The molecule has 6 rings (SSSR count). The molecule has 2 aromatic heterocycles. The fourth-order valence-electron chi connectivity index (χ4n) is 4.18. The molecule has 3 aromatic carbocycles. The molecule has 0 saturated carbocycles. The predicted molar refractivity (Wildman–Crippen MR) is 133 cm³/mol. The fraction of sp³-hybridized carbons (Fsp3) is 0.0769. The van der Waals surface area contributed by atoms with Crippen molar-refractivity contribution in [3.05, 3.63) is 117 Å². The lowest BCUT2D eigenvalue weighted by Crippen LogP contribution is -2.29. The summed E-state index contributed by atoms with van der Waals surface area (Å²) in [5.74, 6) is -1.11. The number of amides is 1. The van der Waals surface area contributed by atoms with Gasteiger partial charge in [0.2, 0.25) is 10.9 Å². The standard InChI is InChI=1S/C26H15F2N3O3S2/c27-16-8-6-15(7-9-16)21-20-22(32)18-12-17(28)10-11-19(18)34-23(20)24(33)31(21)25-29-30-26(36-25)35-13-14-4-2-1-3-5-14/h1-12,21H,13H2. The first kappa shape index (κ1) is 22.6. The number of rotatable bonds is 5. The molecular formula is C26H15F2N3O3S2. The number of aromatic nitrogens is 2. The number of anilines is 1. The Morgan fingerprint density at radius 3 is 2.47 bits per heavy atom. The minimum atomic E-state index is -0.933. The van der Waals surface area contributed by atoms with Crippen molar-refractivity contribution in [1.82, 2.24) is 10.2 Å². The molecular weight excluding hydrogens is 504 g/mol. The molecule has 0 fully saturated rings. The van der Waals surface area contributed by atoms with Gasteiger partial charge in [-0.2, -0.15) is 0 Å². The number of halogens is 2. The van der Waals surface area contributed by atoms with Crippen molar-refractivity contribution in [2.45, 2.75) is 16.1 Å². The number of nitrogens with zero attached hydrogens (tertiary/aromatic N) is 3.